The molecule has 0 fully saturated rings. The minimum atomic E-state index is -4.86. The number of benzene rings is 2. The van der Waals surface area contributed by atoms with E-state index in [4.69, 9.17) is 0 Å². The van der Waals surface area contributed by atoms with Crippen molar-refractivity contribution in [2.75, 3.05) is 6.54 Å². The van der Waals surface area contributed by atoms with Gasteiger partial charge in [0, 0.05) is 25.1 Å². The third kappa shape index (κ3) is 3.65. The molecule has 1 aliphatic rings. The normalized spacial score (nSPS) is 14.0. The lowest BCUT2D eigenvalue weighted by Gasteiger charge is -2.28. The number of nitrogens with zero attached hydrogens (tertiary/aromatic N) is 4. The summed E-state index contributed by atoms with van der Waals surface area (Å²) in [7, 11) is -4.86. The van der Waals surface area contributed by atoms with Crippen molar-refractivity contribution in [2.45, 2.75) is 24.4 Å². The van der Waals surface area contributed by atoms with E-state index < -0.39 is 15.1 Å². The summed E-state index contributed by atoms with van der Waals surface area (Å²) in [5, 5.41) is 8.45. The zero-order valence-corrected chi connectivity index (χ0v) is 15.6. The van der Waals surface area contributed by atoms with Crippen molar-refractivity contribution in [1.82, 2.24) is 19.7 Å². The first-order valence-corrected chi connectivity index (χ1v) is 10.1. The molecule has 0 aliphatic carbocycles. The van der Waals surface area contributed by atoms with Gasteiger partial charge in [-0.15, -0.1) is 14.1 Å². The molecule has 1 aliphatic heterocycles. The van der Waals surface area contributed by atoms with E-state index in [0.29, 0.717) is 25.3 Å². The van der Waals surface area contributed by atoms with E-state index in [1.54, 1.807) is 4.90 Å². The van der Waals surface area contributed by atoms with Crippen LogP contribution in [0.3, 0.4) is 0 Å². The molecule has 144 valence electrons. The van der Waals surface area contributed by atoms with Crippen LogP contribution in [0.5, 0.6) is 0 Å². The predicted octanol–water partition coefficient (Wildman–Crippen LogP) is 2.18. The number of hydrogen-bond donors (Lipinski definition) is 0. The van der Waals surface area contributed by atoms with Gasteiger partial charge in [-0.3, -0.25) is 4.79 Å². The molecule has 0 unspecified atom stereocenters. The van der Waals surface area contributed by atoms with E-state index in [-0.39, 0.29) is 18.0 Å². The minimum Gasteiger partial charge on any atom is -0.329 e. The summed E-state index contributed by atoms with van der Waals surface area (Å²) in [6.45, 7) is 1.23. The molecular weight excluding hydrogens is 383 g/mol. The van der Waals surface area contributed by atoms with Gasteiger partial charge in [-0.1, -0.05) is 36.4 Å². The van der Waals surface area contributed by atoms with Gasteiger partial charge >= 0.3 is 10.2 Å². The molecule has 1 amide bonds. The number of amides is 1. The van der Waals surface area contributed by atoms with Crippen molar-refractivity contribution in [3.63, 3.8) is 0 Å². The predicted molar refractivity (Wildman–Crippen MR) is 98.7 cm³/mol. The van der Waals surface area contributed by atoms with Crippen LogP contribution in [0, 0.1) is 0 Å². The molecule has 0 N–H and O–H groups in total. The number of carbonyl (C=O) groups excluding carboxylic acids is 1. The average molecular weight is 400 g/mol. The van der Waals surface area contributed by atoms with Crippen LogP contribution in [0.15, 0.2) is 59.5 Å². The molecule has 2 aromatic carbocycles. The minimum absolute atomic E-state index is 0.121. The molecule has 2 heterocycles. The van der Waals surface area contributed by atoms with Gasteiger partial charge in [-0.05, 0) is 23.8 Å². The Labute approximate surface area is 161 Å². The van der Waals surface area contributed by atoms with E-state index in [1.807, 2.05) is 34.9 Å². The van der Waals surface area contributed by atoms with Gasteiger partial charge in [0.05, 0.1) is 11.4 Å². The van der Waals surface area contributed by atoms with Crippen LogP contribution in [0.2, 0.25) is 0 Å². The third-order valence-electron chi connectivity index (χ3n) is 4.68. The fraction of sp³-hybridized carbons (Fsp3) is 0.211. The van der Waals surface area contributed by atoms with Gasteiger partial charge < -0.3 is 9.47 Å². The first-order chi connectivity index (χ1) is 13.4. The molecule has 0 saturated heterocycles. The molecular formula is C19H17FN4O3S. The van der Waals surface area contributed by atoms with E-state index in [0.717, 1.165) is 23.5 Å². The number of carbonyl (C=O) groups is 1. The van der Waals surface area contributed by atoms with Crippen LogP contribution in [0.25, 0.3) is 0 Å². The number of hydrogen-bond acceptors (Lipinski definition) is 5. The monoisotopic (exact) mass is 400 g/mol. The molecule has 0 radical (unpaired) electrons. The summed E-state index contributed by atoms with van der Waals surface area (Å²) in [5.41, 5.74) is 1.25. The summed E-state index contributed by atoms with van der Waals surface area (Å²) in [6, 6.07) is 14.9. The van der Waals surface area contributed by atoms with Gasteiger partial charge in [0.15, 0.2) is 5.82 Å². The van der Waals surface area contributed by atoms with Crippen LogP contribution < -0.4 is 0 Å². The van der Waals surface area contributed by atoms with E-state index in [2.05, 4.69) is 10.2 Å². The Morgan fingerprint density at radius 1 is 1.04 bits per heavy atom. The molecule has 4 rings (SSSR count). The Bertz CT molecular complexity index is 1130. The van der Waals surface area contributed by atoms with Crippen molar-refractivity contribution in [2.24, 2.45) is 0 Å². The molecule has 3 aromatic rings. The highest BCUT2D eigenvalue weighted by Gasteiger charge is 2.26. The standard InChI is InChI=1S/C19H17FN4O3S/c20-28(26,27)16-8-4-7-15(12-16)19(25)23-9-10-24-17(21-22-18(24)13-23)11-14-5-2-1-3-6-14/h1-8,12H,9-11,13H2. The lowest BCUT2D eigenvalue weighted by Crippen LogP contribution is -2.38. The van der Waals surface area contributed by atoms with Crippen LogP contribution in [0.1, 0.15) is 27.6 Å². The highest BCUT2D eigenvalue weighted by molar-refractivity contribution is 7.86. The molecule has 1 aromatic heterocycles. The summed E-state index contributed by atoms with van der Waals surface area (Å²) in [5.74, 6) is 1.13. The summed E-state index contributed by atoms with van der Waals surface area (Å²) >= 11 is 0. The lowest BCUT2D eigenvalue weighted by molar-refractivity contribution is 0.0706. The lowest BCUT2D eigenvalue weighted by atomic mass is 10.1. The zero-order valence-electron chi connectivity index (χ0n) is 14.8. The van der Waals surface area contributed by atoms with Crippen molar-refractivity contribution in [1.29, 1.82) is 0 Å². The number of rotatable bonds is 4. The van der Waals surface area contributed by atoms with Crippen molar-refractivity contribution in [3.05, 3.63) is 77.4 Å². The topological polar surface area (TPSA) is 85.2 Å². The van der Waals surface area contributed by atoms with Gasteiger partial charge in [0.25, 0.3) is 5.91 Å². The quantitative estimate of drug-likeness (QED) is 0.627. The molecule has 9 heteroatoms. The van der Waals surface area contributed by atoms with Gasteiger partial charge in [-0.25, -0.2) is 0 Å². The molecule has 0 atom stereocenters. The van der Waals surface area contributed by atoms with Crippen molar-refractivity contribution < 1.29 is 17.1 Å². The van der Waals surface area contributed by atoms with E-state index in [9.17, 15) is 17.1 Å². The van der Waals surface area contributed by atoms with Gasteiger partial charge in [0.2, 0.25) is 0 Å². The first kappa shape index (κ1) is 18.3. The largest absolute Gasteiger partial charge is 0.332 e. The second-order valence-corrected chi connectivity index (χ2v) is 7.89. The van der Waals surface area contributed by atoms with Crippen LogP contribution in [-0.4, -0.2) is 40.5 Å². The fourth-order valence-electron chi connectivity index (χ4n) is 3.26. The second-order valence-electron chi connectivity index (χ2n) is 6.54. The maximum atomic E-state index is 13.2. The zero-order chi connectivity index (χ0) is 19.7. The number of aromatic nitrogens is 3. The van der Waals surface area contributed by atoms with Crippen LogP contribution >= 0.6 is 0 Å². The van der Waals surface area contributed by atoms with Crippen LogP contribution in [0.4, 0.5) is 3.89 Å². The maximum absolute atomic E-state index is 13.2. The van der Waals surface area contributed by atoms with E-state index >= 15 is 0 Å². The van der Waals surface area contributed by atoms with E-state index in [1.165, 1.54) is 12.1 Å². The van der Waals surface area contributed by atoms with Crippen molar-refractivity contribution in [3.8, 4) is 0 Å². The Hall–Kier alpha value is -3.07. The second kappa shape index (κ2) is 7.16. The summed E-state index contributed by atoms with van der Waals surface area (Å²) in [6.07, 6.45) is 0.651. The first-order valence-electron chi connectivity index (χ1n) is 8.71. The highest BCUT2D eigenvalue weighted by Crippen LogP contribution is 2.19. The SMILES string of the molecule is O=C(c1cccc(S(=O)(=O)F)c1)N1CCn2c(Cc3ccccc3)nnc2C1. The average Bonchev–Trinajstić information content (AvgIpc) is 3.09. The van der Waals surface area contributed by atoms with Gasteiger partial charge in [0.1, 0.15) is 5.82 Å². The molecule has 0 saturated carbocycles. The van der Waals surface area contributed by atoms with Crippen molar-refractivity contribution >= 4 is 16.1 Å². The maximum Gasteiger partial charge on any atom is 0.332 e. The molecule has 7 nitrogen and oxygen atoms in total. The van der Waals surface area contributed by atoms with Crippen LogP contribution in [-0.2, 0) is 29.7 Å². The Kier molecular flexibility index (Phi) is 4.68. The summed E-state index contributed by atoms with van der Waals surface area (Å²) in [4.78, 5) is 13.8. The number of halogens is 1. The molecule has 0 bridgehead atoms. The Morgan fingerprint density at radius 3 is 2.57 bits per heavy atom. The summed E-state index contributed by atoms with van der Waals surface area (Å²) < 4.78 is 37.4. The van der Waals surface area contributed by atoms with Gasteiger partial charge in [-0.2, -0.15) is 8.42 Å². The third-order valence-corrected chi connectivity index (χ3v) is 5.50. The molecule has 28 heavy (non-hydrogen) atoms. The highest BCUT2D eigenvalue weighted by atomic mass is 32.3. The fourth-order valence-corrected chi connectivity index (χ4v) is 3.77. The Balaban J connectivity index is 1.53. The smallest absolute Gasteiger partial charge is 0.329 e. The molecule has 0 spiro atoms. The number of fused-ring (bicyclic) bond motifs is 1. The Morgan fingerprint density at radius 2 is 1.82 bits per heavy atom.